The molecule has 3 aromatic rings. The van der Waals surface area contributed by atoms with Crippen molar-refractivity contribution in [1.29, 1.82) is 0 Å². The van der Waals surface area contributed by atoms with Crippen LogP contribution in [0.1, 0.15) is 42.8 Å². The smallest absolute Gasteiger partial charge is 0.296 e. The van der Waals surface area contributed by atoms with Crippen LogP contribution in [0.3, 0.4) is 0 Å². The van der Waals surface area contributed by atoms with Crippen LogP contribution in [0.2, 0.25) is 0 Å². The third-order valence-electron chi connectivity index (χ3n) is 4.38. The average molecular weight is 354 g/mol. The van der Waals surface area contributed by atoms with Crippen LogP contribution in [0.5, 0.6) is 0 Å². The molecular formula is C19H22N4O3. The van der Waals surface area contributed by atoms with Crippen LogP contribution in [0, 0.1) is 13.8 Å². The van der Waals surface area contributed by atoms with Gasteiger partial charge in [0.2, 0.25) is 5.91 Å². The molecule has 136 valence electrons. The first-order valence-corrected chi connectivity index (χ1v) is 8.65. The molecule has 2 aromatic heterocycles. The minimum Gasteiger partial charge on any atom is -0.360 e. The van der Waals surface area contributed by atoms with E-state index in [0.717, 1.165) is 5.56 Å². The van der Waals surface area contributed by atoms with Crippen LogP contribution in [-0.4, -0.2) is 20.8 Å². The highest BCUT2D eigenvalue weighted by atomic mass is 16.5. The van der Waals surface area contributed by atoms with Gasteiger partial charge < -0.3 is 9.84 Å². The molecule has 0 fully saturated rings. The molecule has 1 atom stereocenters. The SMILES string of the molecule is Cc1nn(CCCC(=O)N[C@H](C)c2ccccc2)c(=O)c2noc(C)c12. The Labute approximate surface area is 151 Å². The fraction of sp³-hybridized carbons (Fsp3) is 0.368. The largest absolute Gasteiger partial charge is 0.360 e. The lowest BCUT2D eigenvalue weighted by Crippen LogP contribution is -2.28. The lowest BCUT2D eigenvalue weighted by molar-refractivity contribution is -0.121. The molecule has 0 saturated heterocycles. The molecule has 0 aliphatic carbocycles. The Bertz CT molecular complexity index is 976. The summed E-state index contributed by atoms with van der Waals surface area (Å²) in [6, 6.07) is 9.73. The van der Waals surface area contributed by atoms with Crippen molar-refractivity contribution in [3.63, 3.8) is 0 Å². The van der Waals surface area contributed by atoms with Gasteiger partial charge in [-0.1, -0.05) is 35.5 Å². The summed E-state index contributed by atoms with van der Waals surface area (Å²) in [6.07, 6.45) is 0.836. The molecule has 0 aliphatic heterocycles. The zero-order valence-electron chi connectivity index (χ0n) is 15.2. The average Bonchev–Trinajstić information content (AvgIpc) is 3.02. The van der Waals surface area contributed by atoms with Gasteiger partial charge in [-0.3, -0.25) is 9.59 Å². The molecule has 3 rings (SSSR count). The van der Waals surface area contributed by atoms with Crippen LogP contribution < -0.4 is 10.9 Å². The van der Waals surface area contributed by atoms with Gasteiger partial charge in [0.05, 0.1) is 17.1 Å². The van der Waals surface area contributed by atoms with E-state index in [9.17, 15) is 9.59 Å². The predicted octanol–water partition coefficient (Wildman–Crippen LogP) is 2.66. The second kappa shape index (κ2) is 7.51. The van der Waals surface area contributed by atoms with Crippen molar-refractivity contribution in [2.24, 2.45) is 0 Å². The molecule has 0 spiro atoms. The zero-order chi connectivity index (χ0) is 18.7. The molecule has 1 aromatic carbocycles. The molecule has 26 heavy (non-hydrogen) atoms. The van der Waals surface area contributed by atoms with Gasteiger partial charge in [0.25, 0.3) is 5.56 Å². The van der Waals surface area contributed by atoms with Crippen LogP contribution in [0.4, 0.5) is 0 Å². The van der Waals surface area contributed by atoms with E-state index in [1.165, 1.54) is 4.68 Å². The normalized spacial score (nSPS) is 12.3. The first-order chi connectivity index (χ1) is 12.5. The zero-order valence-corrected chi connectivity index (χ0v) is 15.2. The van der Waals surface area contributed by atoms with Gasteiger partial charge in [-0.15, -0.1) is 0 Å². The predicted molar refractivity (Wildman–Crippen MR) is 97.8 cm³/mol. The summed E-state index contributed by atoms with van der Waals surface area (Å²) >= 11 is 0. The number of hydrogen-bond donors (Lipinski definition) is 1. The van der Waals surface area contributed by atoms with Gasteiger partial charge in [0.1, 0.15) is 5.76 Å². The summed E-state index contributed by atoms with van der Waals surface area (Å²) in [4.78, 5) is 24.5. The van der Waals surface area contributed by atoms with Crippen LogP contribution in [-0.2, 0) is 11.3 Å². The van der Waals surface area contributed by atoms with E-state index in [-0.39, 0.29) is 23.0 Å². The maximum Gasteiger partial charge on any atom is 0.296 e. The molecule has 0 saturated carbocycles. The molecule has 0 unspecified atom stereocenters. The first kappa shape index (κ1) is 17.8. The minimum absolute atomic E-state index is 0.0514. The number of benzene rings is 1. The molecule has 7 nitrogen and oxygen atoms in total. The van der Waals surface area contributed by atoms with Crippen molar-refractivity contribution >= 4 is 16.8 Å². The maximum atomic E-state index is 12.4. The first-order valence-electron chi connectivity index (χ1n) is 8.65. The Morgan fingerprint density at radius 2 is 2.00 bits per heavy atom. The highest BCUT2D eigenvalue weighted by Crippen LogP contribution is 2.16. The van der Waals surface area contributed by atoms with Gasteiger partial charge in [0, 0.05) is 13.0 Å². The molecule has 0 aliphatic rings. The van der Waals surface area contributed by atoms with E-state index < -0.39 is 0 Å². The Hall–Kier alpha value is -2.96. The van der Waals surface area contributed by atoms with E-state index in [0.29, 0.717) is 36.2 Å². The fourth-order valence-electron chi connectivity index (χ4n) is 3.02. The number of carbonyl (C=O) groups is 1. The van der Waals surface area contributed by atoms with Crippen molar-refractivity contribution in [2.45, 2.75) is 46.2 Å². The van der Waals surface area contributed by atoms with Crippen molar-refractivity contribution in [3.8, 4) is 0 Å². The van der Waals surface area contributed by atoms with Crippen molar-refractivity contribution in [2.75, 3.05) is 0 Å². The summed E-state index contributed by atoms with van der Waals surface area (Å²) in [5.74, 6) is 0.535. The Morgan fingerprint density at radius 1 is 1.27 bits per heavy atom. The molecule has 1 amide bonds. The quantitative estimate of drug-likeness (QED) is 0.735. The van der Waals surface area contributed by atoms with E-state index in [2.05, 4.69) is 15.6 Å². The second-order valence-corrected chi connectivity index (χ2v) is 6.38. The Balaban J connectivity index is 1.60. The molecule has 2 heterocycles. The van der Waals surface area contributed by atoms with Crippen molar-refractivity contribution < 1.29 is 9.32 Å². The summed E-state index contributed by atoms with van der Waals surface area (Å²) in [5, 5.41) is 11.8. The third kappa shape index (κ3) is 3.66. The standard InChI is InChI=1S/C19H22N4O3/c1-12(15-8-5-4-6-9-15)20-16(24)10-7-11-23-19(25)18-17(13(2)21-23)14(3)26-22-18/h4-6,8-9,12H,7,10-11H2,1-3H3,(H,20,24)/t12-/m1/s1. The minimum atomic E-state index is -0.291. The Morgan fingerprint density at radius 3 is 2.73 bits per heavy atom. The number of amides is 1. The maximum absolute atomic E-state index is 12.4. The molecule has 1 N–H and O–H groups in total. The van der Waals surface area contributed by atoms with Crippen LogP contribution in [0.15, 0.2) is 39.6 Å². The number of nitrogens with one attached hydrogen (secondary N) is 1. The van der Waals surface area contributed by atoms with Gasteiger partial charge >= 0.3 is 0 Å². The highest BCUT2D eigenvalue weighted by molar-refractivity contribution is 5.81. The summed E-state index contributed by atoms with van der Waals surface area (Å²) in [6.45, 7) is 5.88. The van der Waals surface area contributed by atoms with Gasteiger partial charge in [-0.2, -0.15) is 5.10 Å². The van der Waals surface area contributed by atoms with Crippen molar-refractivity contribution in [3.05, 3.63) is 57.7 Å². The third-order valence-corrected chi connectivity index (χ3v) is 4.38. The van der Waals surface area contributed by atoms with Crippen LogP contribution in [0.25, 0.3) is 10.9 Å². The summed E-state index contributed by atoms with van der Waals surface area (Å²) in [7, 11) is 0. The summed E-state index contributed by atoms with van der Waals surface area (Å²) in [5.41, 5.74) is 1.75. The number of fused-ring (bicyclic) bond motifs is 1. The number of hydrogen-bond acceptors (Lipinski definition) is 5. The molecular weight excluding hydrogens is 332 g/mol. The molecule has 0 bridgehead atoms. The molecule has 7 heteroatoms. The molecule has 0 radical (unpaired) electrons. The lowest BCUT2D eigenvalue weighted by atomic mass is 10.1. The van der Waals surface area contributed by atoms with Crippen molar-refractivity contribution in [1.82, 2.24) is 20.3 Å². The summed E-state index contributed by atoms with van der Waals surface area (Å²) < 4.78 is 6.45. The lowest BCUT2D eigenvalue weighted by Gasteiger charge is -2.14. The van der Waals surface area contributed by atoms with E-state index in [1.54, 1.807) is 6.92 Å². The Kier molecular flexibility index (Phi) is 5.16. The van der Waals surface area contributed by atoms with E-state index in [4.69, 9.17) is 4.52 Å². The fourth-order valence-corrected chi connectivity index (χ4v) is 3.02. The van der Waals surface area contributed by atoms with Crippen LogP contribution >= 0.6 is 0 Å². The van der Waals surface area contributed by atoms with E-state index in [1.807, 2.05) is 44.2 Å². The number of aromatic nitrogens is 3. The second-order valence-electron chi connectivity index (χ2n) is 6.38. The highest BCUT2D eigenvalue weighted by Gasteiger charge is 2.15. The number of carbonyl (C=O) groups excluding carboxylic acids is 1. The number of rotatable bonds is 6. The monoisotopic (exact) mass is 354 g/mol. The van der Waals surface area contributed by atoms with Gasteiger partial charge in [-0.05, 0) is 32.8 Å². The number of aryl methyl sites for hydroxylation is 3. The van der Waals surface area contributed by atoms with E-state index >= 15 is 0 Å². The topological polar surface area (TPSA) is 90.0 Å². The van der Waals surface area contributed by atoms with Gasteiger partial charge in [-0.25, -0.2) is 4.68 Å². The van der Waals surface area contributed by atoms with Gasteiger partial charge in [0.15, 0.2) is 5.52 Å². The number of nitrogens with zero attached hydrogens (tertiary/aromatic N) is 3.